The zero-order valence-corrected chi connectivity index (χ0v) is 27.6. The molecule has 248 valence electrons. The average molecular weight is 676 g/mol. The first-order valence-electron chi connectivity index (χ1n) is 16.8. The lowest BCUT2D eigenvalue weighted by Gasteiger charge is -2.07. The molecule has 0 unspecified atom stereocenters. The van der Waals surface area contributed by atoms with Crippen LogP contribution >= 0.6 is 0 Å². The second kappa shape index (κ2) is 12.5. The molecule has 0 atom stereocenters. The molecule has 0 amide bonds. The van der Waals surface area contributed by atoms with Crippen LogP contribution in [0.1, 0.15) is 22.8 Å². The number of phenols is 1. The number of phenolic OH excluding ortho intramolecular Hbond substituents is 1. The molecule has 9 rings (SSSR count). The normalized spacial score (nSPS) is 11.9. The first kappa shape index (κ1) is 30.7. The number of nitrogens with zero attached hydrogens (tertiary/aromatic N) is 3. The first-order valence-corrected chi connectivity index (χ1v) is 16.8. The van der Waals surface area contributed by atoms with Gasteiger partial charge < -0.3 is 15.1 Å². The van der Waals surface area contributed by atoms with Crippen molar-refractivity contribution < 1.29 is 10.0 Å². The summed E-state index contributed by atoms with van der Waals surface area (Å²) in [6.07, 6.45) is 8.01. The standard InChI is InChI=1S/C44H29N5O3/c50-40-25-16-30(26-39(40)49(51)52)44-37-23-21-35(47-37)42(28-12-6-2-7-13-28)33-19-17-31(45-33)41(27-10-4-1-5-11-27)32-18-20-34(46-32)43(29-14-8-3-9-15-29)36-22-24-38(44)48-36/h1-26,45,48,50H. The highest BCUT2D eigenvalue weighted by atomic mass is 16.6. The number of aromatic amines is 2. The first-order chi connectivity index (χ1) is 25.5. The minimum Gasteiger partial charge on any atom is -0.502 e. The molecule has 3 aromatic heterocycles. The lowest BCUT2D eigenvalue weighted by atomic mass is 10.0. The van der Waals surface area contributed by atoms with Crippen molar-refractivity contribution in [3.63, 3.8) is 0 Å². The molecular formula is C44H29N5O3. The second-order valence-electron chi connectivity index (χ2n) is 12.6. The van der Waals surface area contributed by atoms with Crippen molar-refractivity contribution in [3.8, 4) is 50.3 Å². The summed E-state index contributed by atoms with van der Waals surface area (Å²) in [4.78, 5) is 29.3. The summed E-state index contributed by atoms with van der Waals surface area (Å²) in [5, 5.41) is 22.3. The maximum atomic E-state index is 12.0. The van der Waals surface area contributed by atoms with Gasteiger partial charge in [0, 0.05) is 50.4 Å². The molecular weight excluding hydrogens is 647 g/mol. The lowest BCUT2D eigenvalue weighted by molar-refractivity contribution is -0.385. The molecule has 8 nitrogen and oxygen atoms in total. The number of nitro benzene ring substituents is 1. The number of nitro groups is 1. The third-order valence-electron chi connectivity index (χ3n) is 9.40. The molecule has 0 radical (unpaired) electrons. The highest BCUT2D eigenvalue weighted by Gasteiger charge is 2.21. The molecule has 7 aromatic rings. The van der Waals surface area contributed by atoms with Gasteiger partial charge in [0.15, 0.2) is 5.75 Å². The molecule has 2 aliphatic rings. The van der Waals surface area contributed by atoms with Gasteiger partial charge >= 0.3 is 5.69 Å². The van der Waals surface area contributed by atoms with Gasteiger partial charge in [0.1, 0.15) is 0 Å². The molecule has 8 bridgehead atoms. The Kier molecular flexibility index (Phi) is 7.40. The van der Waals surface area contributed by atoms with E-state index in [1.165, 1.54) is 12.1 Å². The number of hydrogen-bond acceptors (Lipinski definition) is 5. The summed E-state index contributed by atoms with van der Waals surface area (Å²) >= 11 is 0. The average Bonchev–Trinajstić information content (AvgIpc) is 4.01. The highest BCUT2D eigenvalue weighted by Crippen LogP contribution is 2.39. The van der Waals surface area contributed by atoms with Gasteiger partial charge in [0.05, 0.1) is 27.7 Å². The second-order valence-corrected chi connectivity index (χ2v) is 12.6. The Morgan fingerprint density at radius 1 is 0.462 bits per heavy atom. The van der Waals surface area contributed by atoms with Crippen LogP contribution < -0.4 is 0 Å². The van der Waals surface area contributed by atoms with Crippen LogP contribution in [0, 0.1) is 10.1 Å². The Balaban J connectivity index is 1.48. The minimum absolute atomic E-state index is 0.387. The van der Waals surface area contributed by atoms with Gasteiger partial charge in [-0.15, -0.1) is 0 Å². The monoisotopic (exact) mass is 675 g/mol. The van der Waals surface area contributed by atoms with Crippen LogP contribution in [0.2, 0.25) is 0 Å². The van der Waals surface area contributed by atoms with E-state index in [1.54, 1.807) is 6.07 Å². The molecule has 0 saturated heterocycles. The Morgan fingerprint density at radius 3 is 1.15 bits per heavy atom. The van der Waals surface area contributed by atoms with Crippen molar-refractivity contribution in [2.45, 2.75) is 0 Å². The molecule has 52 heavy (non-hydrogen) atoms. The van der Waals surface area contributed by atoms with Crippen molar-refractivity contribution in [2.24, 2.45) is 0 Å². The zero-order chi connectivity index (χ0) is 35.2. The number of fused-ring (bicyclic) bond motifs is 8. The number of H-pyrrole nitrogens is 2. The van der Waals surface area contributed by atoms with Crippen LogP contribution in [0.25, 0.3) is 90.9 Å². The molecule has 0 aliphatic carbocycles. The van der Waals surface area contributed by atoms with Crippen LogP contribution in [0.5, 0.6) is 5.75 Å². The zero-order valence-electron chi connectivity index (χ0n) is 27.6. The van der Waals surface area contributed by atoms with Gasteiger partial charge in [-0.05, 0) is 76.9 Å². The number of nitrogens with one attached hydrogen (secondary N) is 2. The van der Waals surface area contributed by atoms with Gasteiger partial charge in [-0.3, -0.25) is 10.1 Å². The van der Waals surface area contributed by atoms with Crippen LogP contribution in [0.15, 0.2) is 133 Å². The van der Waals surface area contributed by atoms with E-state index in [0.29, 0.717) is 22.3 Å². The summed E-state index contributed by atoms with van der Waals surface area (Å²) in [5.41, 5.74) is 12.8. The number of aromatic nitrogens is 4. The molecule has 0 fully saturated rings. The van der Waals surface area contributed by atoms with Gasteiger partial charge in [-0.1, -0.05) is 97.1 Å². The Bertz CT molecular complexity index is 2730. The number of hydrogen-bond donors (Lipinski definition) is 3. The van der Waals surface area contributed by atoms with Crippen molar-refractivity contribution in [1.29, 1.82) is 0 Å². The molecule has 4 aromatic carbocycles. The van der Waals surface area contributed by atoms with Crippen LogP contribution in [0.4, 0.5) is 5.69 Å². The van der Waals surface area contributed by atoms with Crippen molar-refractivity contribution in [3.05, 3.63) is 166 Å². The van der Waals surface area contributed by atoms with E-state index in [4.69, 9.17) is 9.97 Å². The van der Waals surface area contributed by atoms with Crippen LogP contribution in [0.3, 0.4) is 0 Å². The number of aromatic hydroxyl groups is 1. The molecule has 8 heteroatoms. The SMILES string of the molecule is O=[N+]([O-])c1cc(-c2c3nc(c(-c4ccccc4)c4ccc([nH]4)c(-c4ccccc4)c4nc(c(-c5ccccc5)c5ccc2[nH]5)C=C4)C=C3)ccc1O. The molecule has 3 N–H and O–H groups in total. The van der Waals surface area contributed by atoms with E-state index in [1.807, 2.05) is 85.0 Å². The van der Waals surface area contributed by atoms with E-state index < -0.39 is 10.7 Å². The van der Waals surface area contributed by atoms with Crippen molar-refractivity contribution in [1.82, 2.24) is 19.9 Å². The quantitative estimate of drug-likeness (QED) is 0.124. The molecule has 5 heterocycles. The molecule has 0 saturated carbocycles. The maximum Gasteiger partial charge on any atom is 0.311 e. The number of rotatable bonds is 5. The fraction of sp³-hybridized carbons (Fsp3) is 0. The summed E-state index contributed by atoms with van der Waals surface area (Å²) in [6, 6.07) is 43.0. The smallest absolute Gasteiger partial charge is 0.311 e. The van der Waals surface area contributed by atoms with E-state index >= 15 is 0 Å². The topological polar surface area (TPSA) is 121 Å². The third kappa shape index (κ3) is 5.35. The van der Waals surface area contributed by atoms with Crippen molar-refractivity contribution >= 4 is 52.1 Å². The van der Waals surface area contributed by atoms with E-state index in [9.17, 15) is 15.2 Å². The Labute approximate surface area is 297 Å². The summed E-state index contributed by atoms with van der Waals surface area (Å²) in [5.74, 6) is -0.405. The summed E-state index contributed by atoms with van der Waals surface area (Å²) in [7, 11) is 0. The predicted molar refractivity (Wildman–Crippen MR) is 209 cm³/mol. The molecule has 2 aliphatic heterocycles. The van der Waals surface area contributed by atoms with Crippen LogP contribution in [-0.2, 0) is 0 Å². The van der Waals surface area contributed by atoms with E-state index in [2.05, 4.69) is 64.6 Å². The fourth-order valence-electron chi connectivity index (χ4n) is 7.06. The van der Waals surface area contributed by atoms with Gasteiger partial charge in [-0.25, -0.2) is 9.97 Å². The fourth-order valence-corrected chi connectivity index (χ4v) is 7.06. The lowest BCUT2D eigenvalue weighted by Crippen LogP contribution is -1.92. The Morgan fingerprint density at radius 2 is 0.808 bits per heavy atom. The van der Waals surface area contributed by atoms with E-state index in [0.717, 1.165) is 67.0 Å². The van der Waals surface area contributed by atoms with Gasteiger partial charge in [0.25, 0.3) is 0 Å². The van der Waals surface area contributed by atoms with Gasteiger partial charge in [-0.2, -0.15) is 0 Å². The summed E-state index contributed by atoms with van der Waals surface area (Å²) < 4.78 is 0. The van der Waals surface area contributed by atoms with Crippen molar-refractivity contribution in [2.75, 3.05) is 0 Å². The summed E-state index contributed by atoms with van der Waals surface area (Å²) in [6.45, 7) is 0. The molecule has 0 spiro atoms. The number of benzene rings is 4. The highest BCUT2D eigenvalue weighted by molar-refractivity contribution is 6.00. The minimum atomic E-state index is -0.580. The third-order valence-corrected chi connectivity index (χ3v) is 9.40. The Hall–Kier alpha value is -7.32. The maximum absolute atomic E-state index is 12.0. The van der Waals surface area contributed by atoms with Crippen LogP contribution in [-0.4, -0.2) is 30.0 Å². The van der Waals surface area contributed by atoms with Gasteiger partial charge in [0.2, 0.25) is 0 Å². The predicted octanol–water partition coefficient (Wildman–Crippen LogP) is 10.9. The largest absolute Gasteiger partial charge is 0.502 e. The van der Waals surface area contributed by atoms with E-state index in [-0.39, 0.29) is 5.69 Å².